The zero-order valence-corrected chi connectivity index (χ0v) is 21.2. The molecule has 0 saturated carbocycles. The van der Waals surface area contributed by atoms with E-state index in [1.807, 2.05) is 30.0 Å². The Bertz CT molecular complexity index is 1270. The van der Waals surface area contributed by atoms with Gasteiger partial charge >= 0.3 is 0 Å². The number of aliphatic hydroxyl groups excluding tert-OH is 1. The standard InChI is InChI=1S/C29H33N5O3/c1-2-10-33(13-5-14-35)29(37)23-15-22-16-24(19-30)25(18-26(22)32-27(31)17-23)20-6-8-21(9-7-20)28(36)34-11-3-4-12-34/h6-9,15-16,18,35H,2-5,10-14,17H2,1H3,(H2,31,32). The number of nitriles is 1. The fourth-order valence-electron chi connectivity index (χ4n) is 4.86. The van der Waals surface area contributed by atoms with Gasteiger partial charge in [-0.25, -0.2) is 4.99 Å². The lowest BCUT2D eigenvalue weighted by Gasteiger charge is -2.23. The van der Waals surface area contributed by atoms with Crippen molar-refractivity contribution in [1.82, 2.24) is 9.80 Å². The number of carbonyl (C=O) groups is 2. The van der Waals surface area contributed by atoms with Gasteiger partial charge in [0, 0.05) is 61.5 Å². The summed E-state index contributed by atoms with van der Waals surface area (Å²) in [4.78, 5) is 34.2. The first-order valence-electron chi connectivity index (χ1n) is 12.9. The number of amides is 2. The molecule has 4 rings (SSSR count). The molecule has 1 fully saturated rings. The molecule has 0 bridgehead atoms. The number of aliphatic imine (C=N–C) groups is 1. The van der Waals surface area contributed by atoms with Crippen LogP contribution < -0.4 is 5.73 Å². The lowest BCUT2D eigenvalue weighted by atomic mass is 9.95. The van der Waals surface area contributed by atoms with Crippen LogP contribution in [-0.4, -0.2) is 65.3 Å². The second-order valence-electron chi connectivity index (χ2n) is 9.46. The number of aliphatic hydroxyl groups is 1. The molecular weight excluding hydrogens is 466 g/mol. The first-order valence-corrected chi connectivity index (χ1v) is 12.9. The Balaban J connectivity index is 1.67. The normalized spacial score (nSPS) is 14.8. The number of nitrogens with two attached hydrogens (primary N) is 1. The van der Waals surface area contributed by atoms with E-state index in [-0.39, 0.29) is 24.8 Å². The summed E-state index contributed by atoms with van der Waals surface area (Å²) in [5.74, 6) is 0.212. The van der Waals surface area contributed by atoms with Crippen LogP contribution >= 0.6 is 0 Å². The number of benzene rings is 2. The summed E-state index contributed by atoms with van der Waals surface area (Å²) < 4.78 is 0. The van der Waals surface area contributed by atoms with Crippen molar-refractivity contribution in [1.29, 1.82) is 5.26 Å². The van der Waals surface area contributed by atoms with E-state index in [9.17, 15) is 20.0 Å². The fourth-order valence-corrected chi connectivity index (χ4v) is 4.86. The van der Waals surface area contributed by atoms with Gasteiger partial charge in [0.1, 0.15) is 5.84 Å². The number of hydrogen-bond acceptors (Lipinski definition) is 6. The van der Waals surface area contributed by atoms with Gasteiger partial charge in [-0.2, -0.15) is 5.26 Å². The number of rotatable bonds is 8. The summed E-state index contributed by atoms with van der Waals surface area (Å²) in [6, 6.07) is 13.1. The van der Waals surface area contributed by atoms with Gasteiger partial charge < -0.3 is 20.6 Å². The van der Waals surface area contributed by atoms with Crippen LogP contribution in [0.25, 0.3) is 17.2 Å². The smallest absolute Gasteiger partial charge is 0.253 e. The Kier molecular flexibility index (Phi) is 8.36. The number of nitrogens with zero attached hydrogens (tertiary/aromatic N) is 4. The quantitative estimate of drug-likeness (QED) is 0.571. The number of amidine groups is 1. The topological polar surface area (TPSA) is 123 Å². The summed E-state index contributed by atoms with van der Waals surface area (Å²) in [5.41, 5.74) is 10.5. The molecule has 2 heterocycles. The van der Waals surface area contributed by atoms with Gasteiger partial charge in [-0.1, -0.05) is 19.1 Å². The van der Waals surface area contributed by atoms with Gasteiger partial charge in [-0.05, 0) is 61.6 Å². The SMILES string of the molecule is CCCN(CCCO)C(=O)C1=Cc2cc(C#N)c(-c3ccc(C(=O)N4CCCC4)cc3)cc2N=C(N)C1. The lowest BCUT2D eigenvalue weighted by molar-refractivity contribution is -0.127. The van der Waals surface area contributed by atoms with Crippen LogP contribution in [0.4, 0.5) is 5.69 Å². The van der Waals surface area contributed by atoms with Crippen LogP contribution in [0.2, 0.25) is 0 Å². The van der Waals surface area contributed by atoms with Gasteiger partial charge in [0.15, 0.2) is 0 Å². The highest BCUT2D eigenvalue weighted by Crippen LogP contribution is 2.35. The van der Waals surface area contributed by atoms with Crippen molar-refractivity contribution < 1.29 is 14.7 Å². The molecule has 2 aromatic carbocycles. The first kappa shape index (κ1) is 26.1. The Morgan fingerprint density at radius 3 is 2.54 bits per heavy atom. The zero-order valence-electron chi connectivity index (χ0n) is 21.2. The van der Waals surface area contributed by atoms with E-state index in [0.29, 0.717) is 58.9 Å². The van der Waals surface area contributed by atoms with E-state index in [4.69, 9.17) is 5.73 Å². The molecule has 2 aliphatic rings. The van der Waals surface area contributed by atoms with Crippen LogP contribution in [0, 0.1) is 11.3 Å². The minimum Gasteiger partial charge on any atom is -0.396 e. The first-order chi connectivity index (χ1) is 17.9. The van der Waals surface area contributed by atoms with Crippen LogP contribution in [0.3, 0.4) is 0 Å². The Morgan fingerprint density at radius 2 is 1.89 bits per heavy atom. The van der Waals surface area contributed by atoms with Crippen LogP contribution in [0.5, 0.6) is 0 Å². The summed E-state index contributed by atoms with van der Waals surface area (Å²) in [6.45, 7) is 4.64. The minimum atomic E-state index is -0.137. The average Bonchev–Trinajstić information content (AvgIpc) is 3.40. The summed E-state index contributed by atoms with van der Waals surface area (Å²) in [5, 5.41) is 19.2. The van der Waals surface area contributed by atoms with Crippen molar-refractivity contribution in [2.45, 2.75) is 39.0 Å². The molecule has 0 radical (unpaired) electrons. The molecule has 8 nitrogen and oxygen atoms in total. The van der Waals surface area contributed by atoms with Gasteiger partial charge in [0.2, 0.25) is 5.91 Å². The monoisotopic (exact) mass is 499 g/mol. The van der Waals surface area contributed by atoms with E-state index in [0.717, 1.165) is 37.9 Å². The van der Waals surface area contributed by atoms with Crippen molar-refractivity contribution in [2.75, 3.05) is 32.8 Å². The number of carbonyl (C=O) groups excluding carboxylic acids is 2. The molecule has 2 amide bonds. The third-order valence-corrected chi connectivity index (χ3v) is 6.73. The zero-order chi connectivity index (χ0) is 26.4. The average molecular weight is 500 g/mol. The summed E-state index contributed by atoms with van der Waals surface area (Å²) in [6.07, 6.45) is 5.35. The van der Waals surface area contributed by atoms with Crippen LogP contribution in [0.1, 0.15) is 60.5 Å². The van der Waals surface area contributed by atoms with Crippen molar-refractivity contribution in [3.05, 3.63) is 58.7 Å². The van der Waals surface area contributed by atoms with E-state index in [1.165, 1.54) is 0 Å². The Hall–Kier alpha value is -3.96. The molecule has 1 saturated heterocycles. The third kappa shape index (κ3) is 5.89. The maximum Gasteiger partial charge on any atom is 0.253 e. The van der Waals surface area contributed by atoms with Gasteiger partial charge in [-0.3, -0.25) is 9.59 Å². The highest BCUT2D eigenvalue weighted by molar-refractivity contribution is 6.06. The predicted octanol–water partition coefficient (Wildman–Crippen LogP) is 3.86. The second-order valence-corrected chi connectivity index (χ2v) is 9.46. The molecule has 0 aliphatic carbocycles. The molecule has 2 aromatic rings. The molecule has 2 aliphatic heterocycles. The third-order valence-electron chi connectivity index (χ3n) is 6.73. The Morgan fingerprint density at radius 1 is 1.16 bits per heavy atom. The maximum atomic E-state index is 13.3. The van der Waals surface area contributed by atoms with Crippen molar-refractivity contribution in [2.24, 2.45) is 10.7 Å². The van der Waals surface area contributed by atoms with Crippen molar-refractivity contribution in [3.63, 3.8) is 0 Å². The lowest BCUT2D eigenvalue weighted by Crippen LogP contribution is -2.35. The summed E-state index contributed by atoms with van der Waals surface area (Å²) in [7, 11) is 0. The molecule has 8 heteroatoms. The maximum absolute atomic E-state index is 13.3. The van der Waals surface area contributed by atoms with Crippen molar-refractivity contribution in [3.8, 4) is 17.2 Å². The largest absolute Gasteiger partial charge is 0.396 e. The Labute approximate surface area is 217 Å². The second kappa shape index (κ2) is 11.8. The van der Waals surface area contributed by atoms with Gasteiger partial charge in [0.05, 0.1) is 17.3 Å². The minimum absolute atomic E-state index is 0.0146. The molecule has 0 spiro atoms. The number of fused-ring (bicyclic) bond motifs is 1. The molecule has 192 valence electrons. The molecular formula is C29H33N5O3. The van der Waals surface area contributed by atoms with E-state index in [1.54, 1.807) is 29.2 Å². The van der Waals surface area contributed by atoms with Crippen LogP contribution in [-0.2, 0) is 4.79 Å². The van der Waals surface area contributed by atoms with E-state index < -0.39 is 0 Å². The van der Waals surface area contributed by atoms with Gasteiger partial charge in [-0.15, -0.1) is 0 Å². The fraction of sp³-hybridized carbons (Fsp3) is 0.379. The predicted molar refractivity (Wildman–Crippen MR) is 144 cm³/mol. The van der Waals surface area contributed by atoms with E-state index >= 15 is 0 Å². The molecule has 3 N–H and O–H groups in total. The molecule has 37 heavy (non-hydrogen) atoms. The molecule has 0 aromatic heterocycles. The number of likely N-dealkylation sites (tertiary alicyclic amines) is 1. The summed E-state index contributed by atoms with van der Waals surface area (Å²) >= 11 is 0. The highest BCUT2D eigenvalue weighted by atomic mass is 16.3. The van der Waals surface area contributed by atoms with Crippen LogP contribution in [0.15, 0.2) is 47.0 Å². The van der Waals surface area contributed by atoms with E-state index in [2.05, 4.69) is 11.1 Å². The van der Waals surface area contributed by atoms with Gasteiger partial charge in [0.25, 0.3) is 5.91 Å². The highest BCUT2D eigenvalue weighted by Gasteiger charge is 2.23. The molecule has 0 atom stereocenters. The number of hydrogen-bond donors (Lipinski definition) is 2. The van der Waals surface area contributed by atoms with Crippen molar-refractivity contribution >= 4 is 29.4 Å². The molecule has 0 unspecified atom stereocenters.